The molecule has 1 aliphatic rings. The molecule has 0 amide bonds. The van der Waals surface area contributed by atoms with Crippen LogP contribution in [0, 0.1) is 5.92 Å². The summed E-state index contributed by atoms with van der Waals surface area (Å²) in [5.74, 6) is 0.663. The van der Waals surface area contributed by atoms with Crippen molar-refractivity contribution in [2.24, 2.45) is 11.7 Å². The zero-order valence-electron chi connectivity index (χ0n) is 9.08. The summed E-state index contributed by atoms with van der Waals surface area (Å²) in [7, 11) is 0. The second-order valence-electron chi connectivity index (χ2n) is 4.07. The van der Waals surface area contributed by atoms with Crippen molar-refractivity contribution in [1.29, 1.82) is 0 Å². The predicted molar refractivity (Wildman–Crippen MR) is 63.0 cm³/mol. The van der Waals surface area contributed by atoms with Gasteiger partial charge in [0.15, 0.2) is 0 Å². The molecule has 2 N–H and O–H groups in total. The summed E-state index contributed by atoms with van der Waals surface area (Å²) < 4.78 is 0. The van der Waals surface area contributed by atoms with E-state index in [0.717, 1.165) is 12.8 Å². The molecule has 78 valence electrons. The van der Waals surface area contributed by atoms with Crippen molar-refractivity contribution in [3.63, 3.8) is 0 Å². The fourth-order valence-electron chi connectivity index (χ4n) is 1.92. The van der Waals surface area contributed by atoms with Crippen molar-refractivity contribution in [2.45, 2.75) is 38.6 Å². The third-order valence-corrected chi connectivity index (χ3v) is 2.91. The van der Waals surface area contributed by atoms with Crippen LogP contribution < -0.4 is 5.73 Å². The molecule has 1 rings (SSSR count). The Morgan fingerprint density at radius 3 is 2.43 bits per heavy atom. The van der Waals surface area contributed by atoms with Crippen LogP contribution in [0.15, 0.2) is 36.5 Å². The van der Waals surface area contributed by atoms with Crippen LogP contribution in [0.3, 0.4) is 0 Å². The number of hydrogen-bond acceptors (Lipinski definition) is 1. The summed E-state index contributed by atoms with van der Waals surface area (Å²) in [6.07, 6.45) is 13.0. The van der Waals surface area contributed by atoms with Crippen LogP contribution in [0.5, 0.6) is 0 Å². The second kappa shape index (κ2) is 5.82. The summed E-state index contributed by atoms with van der Waals surface area (Å²) in [6, 6.07) is 0.429. The first-order valence-electron chi connectivity index (χ1n) is 5.47. The molecule has 14 heavy (non-hydrogen) atoms. The minimum atomic E-state index is 0.429. The van der Waals surface area contributed by atoms with Gasteiger partial charge in [-0.2, -0.15) is 0 Å². The Morgan fingerprint density at radius 1 is 1.21 bits per heavy atom. The topological polar surface area (TPSA) is 26.0 Å². The van der Waals surface area contributed by atoms with Gasteiger partial charge >= 0.3 is 0 Å². The lowest BCUT2D eigenvalue weighted by Crippen LogP contribution is -2.26. The Bertz CT molecular complexity index is 230. The Balaban J connectivity index is 2.38. The molecule has 0 spiro atoms. The van der Waals surface area contributed by atoms with Gasteiger partial charge in [0.2, 0.25) is 0 Å². The van der Waals surface area contributed by atoms with E-state index in [1.54, 1.807) is 0 Å². The Kier molecular flexibility index (Phi) is 4.68. The van der Waals surface area contributed by atoms with E-state index in [1.165, 1.54) is 18.4 Å². The monoisotopic (exact) mass is 191 g/mol. The summed E-state index contributed by atoms with van der Waals surface area (Å²) in [5.41, 5.74) is 7.12. The maximum Gasteiger partial charge on any atom is 0.00392 e. The first-order chi connectivity index (χ1) is 6.74. The molecule has 0 aromatic rings. The van der Waals surface area contributed by atoms with Gasteiger partial charge in [-0.3, -0.25) is 0 Å². The summed E-state index contributed by atoms with van der Waals surface area (Å²) in [6.45, 7) is 6.13. The van der Waals surface area contributed by atoms with E-state index in [1.807, 2.05) is 19.1 Å². The number of nitrogens with two attached hydrogens (primary N) is 1. The second-order valence-corrected chi connectivity index (χ2v) is 4.07. The molecule has 1 saturated carbocycles. The molecule has 1 heteroatoms. The van der Waals surface area contributed by atoms with E-state index >= 15 is 0 Å². The van der Waals surface area contributed by atoms with Crippen LogP contribution >= 0.6 is 0 Å². The van der Waals surface area contributed by atoms with Gasteiger partial charge in [0, 0.05) is 6.04 Å². The Labute approximate surface area is 87.4 Å². The van der Waals surface area contributed by atoms with Crippen LogP contribution in [0.2, 0.25) is 0 Å². The van der Waals surface area contributed by atoms with Crippen molar-refractivity contribution in [1.82, 2.24) is 0 Å². The zero-order valence-corrected chi connectivity index (χ0v) is 9.08. The van der Waals surface area contributed by atoms with E-state index in [4.69, 9.17) is 5.73 Å². The molecule has 0 aliphatic heterocycles. The highest BCUT2D eigenvalue weighted by Gasteiger charge is 2.19. The molecule has 0 atom stereocenters. The van der Waals surface area contributed by atoms with E-state index in [-0.39, 0.29) is 0 Å². The van der Waals surface area contributed by atoms with E-state index in [9.17, 15) is 0 Å². The molecule has 1 aliphatic carbocycles. The highest BCUT2D eigenvalue weighted by atomic mass is 14.6. The smallest absolute Gasteiger partial charge is 0.00392 e. The normalized spacial score (nSPS) is 28.7. The number of allylic oxidation sites excluding steroid dienone is 5. The molecule has 0 bridgehead atoms. The first kappa shape index (κ1) is 11.3. The van der Waals surface area contributed by atoms with Gasteiger partial charge in [0.05, 0.1) is 0 Å². The van der Waals surface area contributed by atoms with Crippen LogP contribution in [-0.2, 0) is 0 Å². The van der Waals surface area contributed by atoms with Crippen molar-refractivity contribution in [2.75, 3.05) is 0 Å². The van der Waals surface area contributed by atoms with E-state index < -0.39 is 0 Å². The van der Waals surface area contributed by atoms with Crippen LogP contribution in [0.25, 0.3) is 0 Å². The fourth-order valence-corrected chi connectivity index (χ4v) is 1.92. The summed E-state index contributed by atoms with van der Waals surface area (Å²) in [5, 5.41) is 0. The maximum atomic E-state index is 5.86. The quantitative estimate of drug-likeness (QED) is 0.681. The lowest BCUT2D eigenvalue weighted by atomic mass is 9.82. The van der Waals surface area contributed by atoms with Crippen molar-refractivity contribution in [3.05, 3.63) is 36.5 Å². The molecule has 0 unspecified atom stereocenters. The Morgan fingerprint density at radius 2 is 1.86 bits per heavy atom. The van der Waals surface area contributed by atoms with E-state index in [2.05, 4.69) is 18.7 Å². The SMILES string of the molecule is C=C(C=CC=CC)C1CCC(N)CC1. The largest absolute Gasteiger partial charge is 0.328 e. The molecule has 0 saturated heterocycles. The summed E-state index contributed by atoms with van der Waals surface area (Å²) >= 11 is 0. The molecular formula is C13H21N. The molecule has 0 aromatic carbocycles. The first-order valence-corrected chi connectivity index (χ1v) is 5.47. The standard InChI is InChI=1S/C13H21N/c1-3-4-5-6-11(2)12-7-9-13(14)10-8-12/h3-6,12-13H,2,7-10,14H2,1H3. The van der Waals surface area contributed by atoms with Gasteiger partial charge < -0.3 is 5.73 Å². The fraction of sp³-hybridized carbons (Fsp3) is 0.538. The van der Waals surface area contributed by atoms with Crippen LogP contribution in [0.4, 0.5) is 0 Å². The molecule has 1 fully saturated rings. The molecular weight excluding hydrogens is 170 g/mol. The minimum absolute atomic E-state index is 0.429. The van der Waals surface area contributed by atoms with Gasteiger partial charge in [-0.25, -0.2) is 0 Å². The van der Waals surface area contributed by atoms with Crippen LogP contribution in [-0.4, -0.2) is 6.04 Å². The molecule has 0 radical (unpaired) electrons. The third kappa shape index (κ3) is 3.51. The summed E-state index contributed by atoms with van der Waals surface area (Å²) in [4.78, 5) is 0. The average molecular weight is 191 g/mol. The molecule has 0 heterocycles. The van der Waals surface area contributed by atoms with Gasteiger partial charge in [-0.15, -0.1) is 0 Å². The predicted octanol–water partition coefficient (Wildman–Crippen LogP) is 3.19. The highest BCUT2D eigenvalue weighted by Crippen LogP contribution is 2.28. The molecule has 0 aromatic heterocycles. The number of rotatable bonds is 3. The minimum Gasteiger partial charge on any atom is -0.328 e. The lowest BCUT2D eigenvalue weighted by molar-refractivity contribution is 0.367. The van der Waals surface area contributed by atoms with Crippen molar-refractivity contribution in [3.8, 4) is 0 Å². The van der Waals surface area contributed by atoms with Gasteiger partial charge in [0.25, 0.3) is 0 Å². The lowest BCUT2D eigenvalue weighted by Gasteiger charge is -2.26. The zero-order chi connectivity index (χ0) is 10.4. The third-order valence-electron chi connectivity index (χ3n) is 2.91. The Hall–Kier alpha value is -0.820. The van der Waals surface area contributed by atoms with Gasteiger partial charge in [0.1, 0.15) is 0 Å². The number of hydrogen-bond donors (Lipinski definition) is 1. The van der Waals surface area contributed by atoms with Crippen LogP contribution in [0.1, 0.15) is 32.6 Å². The average Bonchev–Trinajstić information content (AvgIpc) is 2.19. The highest BCUT2D eigenvalue weighted by molar-refractivity contribution is 5.22. The van der Waals surface area contributed by atoms with Gasteiger partial charge in [-0.1, -0.05) is 36.5 Å². The van der Waals surface area contributed by atoms with Crippen molar-refractivity contribution >= 4 is 0 Å². The van der Waals surface area contributed by atoms with Crippen molar-refractivity contribution < 1.29 is 0 Å². The van der Waals surface area contributed by atoms with Gasteiger partial charge in [-0.05, 0) is 38.5 Å². The maximum absolute atomic E-state index is 5.86. The molecule has 1 nitrogen and oxygen atoms in total. The van der Waals surface area contributed by atoms with E-state index in [0.29, 0.717) is 12.0 Å².